The predicted molar refractivity (Wildman–Crippen MR) is 67.6 cm³/mol. The molecule has 0 aliphatic carbocycles. The second-order valence-corrected chi connectivity index (χ2v) is 4.60. The summed E-state index contributed by atoms with van der Waals surface area (Å²) in [5.41, 5.74) is 1.01. The molecular weight excluding hydrogens is 230 g/mol. The van der Waals surface area contributed by atoms with E-state index >= 15 is 0 Å². The Hall–Kier alpha value is -1.69. The Balaban J connectivity index is 2.11. The maximum atomic E-state index is 9.44. The third-order valence-electron chi connectivity index (χ3n) is 3.53. The van der Waals surface area contributed by atoms with Gasteiger partial charge in [0.2, 0.25) is 0 Å². The summed E-state index contributed by atoms with van der Waals surface area (Å²) in [5, 5.41) is 13.7. The van der Waals surface area contributed by atoms with Gasteiger partial charge in [0, 0.05) is 18.3 Å². The first kappa shape index (κ1) is 11.4. The van der Waals surface area contributed by atoms with Crippen LogP contribution in [0.3, 0.4) is 0 Å². The number of fused-ring (bicyclic) bond motifs is 1. The van der Waals surface area contributed by atoms with Gasteiger partial charge in [-0.05, 0) is 19.3 Å². The van der Waals surface area contributed by atoms with Crippen molar-refractivity contribution in [2.75, 3.05) is 18.1 Å². The summed E-state index contributed by atoms with van der Waals surface area (Å²) in [6, 6.07) is 2.24. The Bertz CT molecular complexity index is 552. The minimum absolute atomic E-state index is 0.181. The van der Waals surface area contributed by atoms with Gasteiger partial charge >= 0.3 is 0 Å². The topological polar surface area (TPSA) is 66.5 Å². The number of anilines is 1. The molecule has 3 heterocycles. The molecule has 1 N–H and O–H groups in total. The van der Waals surface area contributed by atoms with Crippen LogP contribution in [0.5, 0.6) is 0 Å². The summed E-state index contributed by atoms with van der Waals surface area (Å²) < 4.78 is 1.76. The lowest BCUT2D eigenvalue weighted by Gasteiger charge is -2.25. The highest BCUT2D eigenvalue weighted by Crippen LogP contribution is 2.25. The number of hydrogen-bond acceptors (Lipinski definition) is 5. The predicted octanol–water partition coefficient (Wildman–Crippen LogP) is 0.648. The Morgan fingerprint density at radius 1 is 1.50 bits per heavy atom. The molecule has 0 amide bonds. The molecule has 6 heteroatoms. The van der Waals surface area contributed by atoms with E-state index in [0.717, 1.165) is 37.3 Å². The van der Waals surface area contributed by atoms with Crippen LogP contribution in [-0.2, 0) is 6.42 Å². The van der Waals surface area contributed by atoms with Crippen LogP contribution in [-0.4, -0.2) is 43.9 Å². The molecule has 1 fully saturated rings. The van der Waals surface area contributed by atoms with E-state index in [1.807, 2.05) is 0 Å². The van der Waals surface area contributed by atoms with Crippen LogP contribution in [0.2, 0.25) is 0 Å². The van der Waals surface area contributed by atoms with Crippen molar-refractivity contribution in [2.45, 2.75) is 32.2 Å². The molecule has 3 rings (SSSR count). The Morgan fingerprint density at radius 3 is 3.17 bits per heavy atom. The maximum Gasteiger partial charge on any atom is 0.254 e. The van der Waals surface area contributed by atoms with Crippen LogP contribution >= 0.6 is 0 Å². The zero-order valence-electron chi connectivity index (χ0n) is 10.5. The van der Waals surface area contributed by atoms with Crippen molar-refractivity contribution in [2.24, 2.45) is 0 Å². The average molecular weight is 247 g/mol. The lowest BCUT2D eigenvalue weighted by Crippen LogP contribution is -2.33. The highest BCUT2D eigenvalue weighted by molar-refractivity contribution is 5.49. The van der Waals surface area contributed by atoms with Crippen molar-refractivity contribution in [3.63, 3.8) is 0 Å². The average Bonchev–Trinajstić information content (AvgIpc) is 3.05. The van der Waals surface area contributed by atoms with Gasteiger partial charge in [-0.2, -0.15) is 14.6 Å². The SMILES string of the molecule is CCc1cc(N2CCCC2CO)n2ncnc2n1. The maximum absolute atomic E-state index is 9.44. The Labute approximate surface area is 105 Å². The molecule has 0 radical (unpaired) electrons. The van der Waals surface area contributed by atoms with Crippen LogP contribution in [0.4, 0.5) is 5.82 Å². The zero-order chi connectivity index (χ0) is 12.5. The minimum atomic E-state index is 0.181. The van der Waals surface area contributed by atoms with E-state index in [4.69, 9.17) is 0 Å². The largest absolute Gasteiger partial charge is 0.394 e. The van der Waals surface area contributed by atoms with Crippen molar-refractivity contribution in [1.82, 2.24) is 19.6 Å². The third kappa shape index (κ3) is 1.73. The van der Waals surface area contributed by atoms with Gasteiger partial charge in [-0.3, -0.25) is 0 Å². The Morgan fingerprint density at radius 2 is 2.39 bits per heavy atom. The molecule has 6 nitrogen and oxygen atoms in total. The van der Waals surface area contributed by atoms with E-state index in [1.54, 1.807) is 4.52 Å². The van der Waals surface area contributed by atoms with Gasteiger partial charge in [-0.15, -0.1) is 0 Å². The van der Waals surface area contributed by atoms with Crippen molar-refractivity contribution < 1.29 is 5.11 Å². The molecule has 1 saturated heterocycles. The monoisotopic (exact) mass is 247 g/mol. The van der Waals surface area contributed by atoms with E-state index in [0.29, 0.717) is 5.78 Å². The molecule has 1 aliphatic heterocycles. The van der Waals surface area contributed by atoms with Crippen LogP contribution in [0.25, 0.3) is 5.78 Å². The smallest absolute Gasteiger partial charge is 0.254 e. The van der Waals surface area contributed by atoms with E-state index in [-0.39, 0.29) is 12.6 Å². The molecule has 2 aromatic heterocycles. The zero-order valence-corrected chi connectivity index (χ0v) is 10.5. The third-order valence-corrected chi connectivity index (χ3v) is 3.53. The minimum Gasteiger partial charge on any atom is -0.394 e. The summed E-state index contributed by atoms with van der Waals surface area (Å²) >= 11 is 0. The lowest BCUT2D eigenvalue weighted by atomic mass is 10.2. The van der Waals surface area contributed by atoms with Crippen molar-refractivity contribution in [3.8, 4) is 0 Å². The molecule has 0 spiro atoms. The van der Waals surface area contributed by atoms with Gasteiger partial charge in [0.15, 0.2) is 0 Å². The van der Waals surface area contributed by atoms with Gasteiger partial charge in [0.05, 0.1) is 12.6 Å². The molecule has 1 atom stereocenters. The van der Waals surface area contributed by atoms with Crippen molar-refractivity contribution >= 4 is 11.6 Å². The molecule has 1 unspecified atom stereocenters. The number of aryl methyl sites for hydroxylation is 1. The van der Waals surface area contributed by atoms with Gasteiger partial charge in [-0.1, -0.05) is 6.92 Å². The van der Waals surface area contributed by atoms with Gasteiger partial charge in [-0.25, -0.2) is 4.98 Å². The quantitative estimate of drug-likeness (QED) is 0.862. The van der Waals surface area contributed by atoms with E-state index < -0.39 is 0 Å². The van der Waals surface area contributed by atoms with Gasteiger partial charge in [0.25, 0.3) is 5.78 Å². The number of aromatic nitrogens is 4. The van der Waals surface area contributed by atoms with Crippen LogP contribution in [0.15, 0.2) is 12.4 Å². The molecule has 0 bridgehead atoms. The van der Waals surface area contributed by atoms with E-state index in [2.05, 4.69) is 33.0 Å². The second-order valence-electron chi connectivity index (χ2n) is 4.60. The van der Waals surface area contributed by atoms with Crippen LogP contribution < -0.4 is 4.90 Å². The Kier molecular flexibility index (Phi) is 2.87. The first-order valence-electron chi connectivity index (χ1n) is 6.40. The first-order valence-corrected chi connectivity index (χ1v) is 6.40. The summed E-state index contributed by atoms with van der Waals surface area (Å²) in [6.45, 7) is 3.21. The number of aliphatic hydroxyl groups is 1. The number of nitrogens with zero attached hydrogens (tertiary/aromatic N) is 5. The normalized spacial score (nSPS) is 19.9. The van der Waals surface area contributed by atoms with E-state index in [1.165, 1.54) is 6.33 Å². The number of hydrogen-bond donors (Lipinski definition) is 1. The number of aliphatic hydroxyl groups excluding tert-OH is 1. The molecule has 2 aromatic rings. The molecule has 0 aromatic carbocycles. The van der Waals surface area contributed by atoms with E-state index in [9.17, 15) is 5.11 Å². The van der Waals surface area contributed by atoms with Crippen LogP contribution in [0.1, 0.15) is 25.5 Å². The molecule has 1 aliphatic rings. The fourth-order valence-electron chi connectivity index (χ4n) is 2.56. The number of rotatable bonds is 3. The highest BCUT2D eigenvalue weighted by atomic mass is 16.3. The molecule has 96 valence electrons. The molecular formula is C12H17N5O. The van der Waals surface area contributed by atoms with Crippen molar-refractivity contribution in [3.05, 3.63) is 18.1 Å². The fourth-order valence-corrected chi connectivity index (χ4v) is 2.56. The van der Waals surface area contributed by atoms with Crippen molar-refractivity contribution in [1.29, 1.82) is 0 Å². The van der Waals surface area contributed by atoms with Gasteiger partial charge < -0.3 is 10.0 Å². The van der Waals surface area contributed by atoms with Crippen LogP contribution in [0, 0.1) is 0 Å². The highest BCUT2D eigenvalue weighted by Gasteiger charge is 2.26. The summed E-state index contributed by atoms with van der Waals surface area (Å²) in [6.07, 6.45) is 4.52. The molecule has 18 heavy (non-hydrogen) atoms. The standard InChI is InChI=1S/C12H17N5O/c1-2-9-6-11(16-5-3-4-10(16)7-18)17-12(15-9)13-8-14-17/h6,8,10,18H,2-5,7H2,1H3. The summed E-state index contributed by atoms with van der Waals surface area (Å²) in [7, 11) is 0. The lowest BCUT2D eigenvalue weighted by molar-refractivity contribution is 0.265. The molecule has 0 saturated carbocycles. The second kappa shape index (κ2) is 4.53. The summed E-state index contributed by atoms with van der Waals surface area (Å²) in [4.78, 5) is 10.8. The first-order chi connectivity index (χ1) is 8.83. The fraction of sp³-hybridized carbons (Fsp3) is 0.583. The van der Waals surface area contributed by atoms with Gasteiger partial charge in [0.1, 0.15) is 12.1 Å². The summed E-state index contributed by atoms with van der Waals surface area (Å²) in [5.74, 6) is 1.62.